The molecule has 74 valence electrons. The maximum Gasteiger partial charge on any atom is 0.257 e. The zero-order valence-corrected chi connectivity index (χ0v) is 8.50. The second-order valence-corrected chi connectivity index (χ2v) is 4.30. The van der Waals surface area contributed by atoms with Crippen LogP contribution >= 0.6 is 0 Å². The molecule has 2 atom stereocenters. The molecule has 0 spiro atoms. The summed E-state index contributed by atoms with van der Waals surface area (Å²) in [4.78, 5) is 0. The van der Waals surface area contributed by atoms with Crippen LogP contribution in [0.1, 0.15) is 38.5 Å². The smallest absolute Gasteiger partial charge is 0.257 e. The molecule has 0 amide bonds. The van der Waals surface area contributed by atoms with Gasteiger partial charge in [0.05, 0.1) is 12.2 Å². The molecule has 2 unspecified atom stereocenters. The molecule has 3 heteroatoms. The van der Waals surface area contributed by atoms with Crippen LogP contribution in [0.15, 0.2) is 0 Å². The van der Waals surface area contributed by atoms with Gasteiger partial charge < -0.3 is 9.39 Å². The van der Waals surface area contributed by atoms with Crippen LogP contribution < -0.4 is 0 Å². The Kier molecular flexibility index (Phi) is 3.28. The lowest BCUT2D eigenvalue weighted by atomic mass is 9.94. The number of hydrogen-bond donors (Lipinski definition) is 0. The minimum Gasteiger partial charge on any atom is -0.438 e. The maximum atomic E-state index is 5.69. The fourth-order valence-electron chi connectivity index (χ4n) is 2.80. The summed E-state index contributed by atoms with van der Waals surface area (Å²) in [5.74, 6) is 0.771. The van der Waals surface area contributed by atoms with E-state index in [2.05, 4.69) is 0 Å². The summed E-state index contributed by atoms with van der Waals surface area (Å²) in [5.41, 5.74) is 0. The third-order valence-corrected chi connectivity index (χ3v) is 3.47. The van der Waals surface area contributed by atoms with E-state index in [0.29, 0.717) is 12.2 Å². The summed E-state index contributed by atoms with van der Waals surface area (Å²) in [6.45, 7) is 0.942. The van der Waals surface area contributed by atoms with Crippen molar-refractivity contribution in [3.8, 4) is 0 Å². The Morgan fingerprint density at radius 3 is 2.46 bits per heavy atom. The van der Waals surface area contributed by atoms with E-state index in [-0.39, 0.29) is 0 Å². The summed E-state index contributed by atoms with van der Waals surface area (Å²) in [6, 6.07) is 0. The van der Waals surface area contributed by atoms with Gasteiger partial charge in [0.25, 0.3) is 8.05 Å². The van der Waals surface area contributed by atoms with Gasteiger partial charge in [0.1, 0.15) is 0 Å². The highest BCUT2D eigenvalue weighted by Crippen LogP contribution is 2.33. The first-order chi connectivity index (χ1) is 6.42. The van der Waals surface area contributed by atoms with Crippen LogP contribution in [0.2, 0.25) is 0 Å². The predicted molar refractivity (Wildman–Crippen MR) is 54.3 cm³/mol. The second-order valence-electron chi connectivity index (χ2n) is 4.30. The van der Waals surface area contributed by atoms with Gasteiger partial charge in [-0.2, -0.15) is 0 Å². The third kappa shape index (κ3) is 2.08. The molecule has 1 saturated heterocycles. The molecular formula is C10H19BO2. The Morgan fingerprint density at radius 1 is 1.15 bits per heavy atom. The molecular weight excluding hydrogens is 163 g/mol. The molecule has 0 aromatic rings. The van der Waals surface area contributed by atoms with E-state index < -0.39 is 0 Å². The lowest BCUT2D eigenvalue weighted by molar-refractivity contribution is -0.0121. The monoisotopic (exact) mass is 182 g/mol. The lowest BCUT2D eigenvalue weighted by Crippen LogP contribution is -2.34. The highest BCUT2D eigenvalue weighted by atomic mass is 16.5. The third-order valence-electron chi connectivity index (χ3n) is 3.47. The summed E-state index contributed by atoms with van der Waals surface area (Å²) in [7, 11) is 1.84. The number of ether oxygens (including phenoxy) is 1. The molecule has 1 saturated carbocycles. The van der Waals surface area contributed by atoms with Gasteiger partial charge in [-0.25, -0.2) is 0 Å². The highest BCUT2D eigenvalue weighted by Gasteiger charge is 2.33. The van der Waals surface area contributed by atoms with Crippen molar-refractivity contribution in [3.05, 3.63) is 0 Å². The van der Waals surface area contributed by atoms with Crippen LogP contribution in [0.25, 0.3) is 0 Å². The molecule has 0 aromatic carbocycles. The Labute approximate surface area is 81.4 Å². The molecule has 2 rings (SSSR count). The van der Waals surface area contributed by atoms with E-state index in [1.54, 1.807) is 0 Å². The Bertz CT molecular complexity index is 135. The number of rotatable bonds is 3. The van der Waals surface area contributed by atoms with E-state index in [4.69, 9.17) is 9.39 Å². The second kappa shape index (κ2) is 4.47. The molecule has 0 bridgehead atoms. The van der Waals surface area contributed by atoms with Gasteiger partial charge in [0.2, 0.25) is 0 Å². The summed E-state index contributed by atoms with van der Waals surface area (Å²) >= 11 is 0. The van der Waals surface area contributed by atoms with E-state index >= 15 is 0 Å². The van der Waals surface area contributed by atoms with E-state index in [0.717, 1.165) is 12.5 Å². The van der Waals surface area contributed by atoms with Crippen LogP contribution in [0.4, 0.5) is 0 Å². The SMILES string of the molecule is BOC(C1CCCC1)C1CCCO1. The first-order valence-corrected chi connectivity index (χ1v) is 5.56. The molecule has 13 heavy (non-hydrogen) atoms. The maximum absolute atomic E-state index is 5.69. The van der Waals surface area contributed by atoms with Gasteiger partial charge in [-0.1, -0.05) is 12.8 Å². The largest absolute Gasteiger partial charge is 0.438 e. The fourth-order valence-corrected chi connectivity index (χ4v) is 2.80. The van der Waals surface area contributed by atoms with Crippen molar-refractivity contribution < 1.29 is 9.39 Å². The van der Waals surface area contributed by atoms with Crippen molar-refractivity contribution in [2.75, 3.05) is 6.61 Å². The molecule has 2 fully saturated rings. The van der Waals surface area contributed by atoms with Crippen molar-refractivity contribution in [1.29, 1.82) is 0 Å². The van der Waals surface area contributed by atoms with Gasteiger partial charge in [-0.3, -0.25) is 0 Å². The van der Waals surface area contributed by atoms with Gasteiger partial charge in [-0.05, 0) is 31.6 Å². The molecule has 1 aliphatic carbocycles. The van der Waals surface area contributed by atoms with Crippen molar-refractivity contribution in [3.63, 3.8) is 0 Å². The van der Waals surface area contributed by atoms with Crippen LogP contribution in [-0.4, -0.2) is 26.9 Å². The average Bonchev–Trinajstić information content (AvgIpc) is 2.76. The summed E-state index contributed by atoms with van der Waals surface area (Å²) < 4.78 is 11.3. The van der Waals surface area contributed by atoms with Gasteiger partial charge in [0.15, 0.2) is 0 Å². The summed E-state index contributed by atoms with van der Waals surface area (Å²) in [6.07, 6.45) is 8.66. The standard InChI is InChI=1S/C10H19BO2/c11-13-10(8-4-1-2-5-8)9-6-3-7-12-9/h8-10H,1-7,11H2. The Balaban J connectivity index is 1.90. The lowest BCUT2D eigenvalue weighted by Gasteiger charge is -2.27. The molecule has 1 aliphatic heterocycles. The minimum absolute atomic E-state index is 0.380. The van der Waals surface area contributed by atoms with E-state index in [1.807, 2.05) is 8.05 Å². The van der Waals surface area contributed by atoms with Gasteiger partial charge in [-0.15, -0.1) is 0 Å². The Hall–Kier alpha value is -0.0151. The normalized spacial score (nSPS) is 32.5. The predicted octanol–water partition coefficient (Wildman–Crippen LogP) is 1.29. The minimum atomic E-state index is 0.380. The first-order valence-electron chi connectivity index (χ1n) is 5.56. The summed E-state index contributed by atoms with van der Waals surface area (Å²) in [5, 5.41) is 0. The molecule has 1 heterocycles. The van der Waals surface area contributed by atoms with Crippen molar-refractivity contribution in [2.45, 2.75) is 50.7 Å². The quantitative estimate of drug-likeness (QED) is 0.612. The van der Waals surface area contributed by atoms with Crippen LogP contribution in [-0.2, 0) is 9.39 Å². The average molecular weight is 182 g/mol. The van der Waals surface area contributed by atoms with Crippen molar-refractivity contribution in [2.24, 2.45) is 5.92 Å². The van der Waals surface area contributed by atoms with Gasteiger partial charge >= 0.3 is 0 Å². The molecule has 2 nitrogen and oxygen atoms in total. The van der Waals surface area contributed by atoms with E-state index in [1.165, 1.54) is 38.5 Å². The van der Waals surface area contributed by atoms with Crippen molar-refractivity contribution >= 4 is 8.05 Å². The fraction of sp³-hybridized carbons (Fsp3) is 1.00. The highest BCUT2D eigenvalue weighted by molar-refractivity contribution is 5.98. The van der Waals surface area contributed by atoms with Crippen LogP contribution in [0, 0.1) is 5.92 Å². The van der Waals surface area contributed by atoms with Crippen LogP contribution in [0.5, 0.6) is 0 Å². The molecule has 2 aliphatic rings. The number of hydrogen-bond acceptors (Lipinski definition) is 2. The molecule has 0 radical (unpaired) electrons. The molecule has 0 N–H and O–H groups in total. The van der Waals surface area contributed by atoms with E-state index in [9.17, 15) is 0 Å². The van der Waals surface area contributed by atoms with Gasteiger partial charge in [0, 0.05) is 6.61 Å². The topological polar surface area (TPSA) is 18.5 Å². The first kappa shape index (κ1) is 9.54. The molecule has 0 aromatic heterocycles. The zero-order chi connectivity index (χ0) is 9.10. The Morgan fingerprint density at radius 2 is 1.92 bits per heavy atom. The zero-order valence-electron chi connectivity index (χ0n) is 8.50. The van der Waals surface area contributed by atoms with Crippen LogP contribution in [0.3, 0.4) is 0 Å². The van der Waals surface area contributed by atoms with Crippen molar-refractivity contribution in [1.82, 2.24) is 0 Å².